The number of sulfonamides is 1. The van der Waals surface area contributed by atoms with Gasteiger partial charge in [-0.1, -0.05) is 36.4 Å². The molecule has 3 rings (SSSR count). The summed E-state index contributed by atoms with van der Waals surface area (Å²) < 4.78 is 31.3. The van der Waals surface area contributed by atoms with Crippen LogP contribution in [0.2, 0.25) is 0 Å². The first-order valence-electron chi connectivity index (χ1n) is 9.52. The monoisotopic (exact) mass is 424 g/mol. The highest BCUT2D eigenvalue weighted by Gasteiger charge is 2.18. The largest absolute Gasteiger partial charge is 0.494 e. The van der Waals surface area contributed by atoms with Crippen LogP contribution in [-0.4, -0.2) is 27.2 Å². The van der Waals surface area contributed by atoms with E-state index < -0.39 is 10.0 Å². The topological polar surface area (TPSA) is 75.7 Å². The second kappa shape index (κ2) is 9.45. The van der Waals surface area contributed by atoms with Gasteiger partial charge in [-0.15, -0.1) is 0 Å². The first kappa shape index (κ1) is 21.4. The third kappa shape index (κ3) is 5.61. The van der Waals surface area contributed by atoms with E-state index in [0.717, 1.165) is 5.56 Å². The second-order valence-electron chi connectivity index (χ2n) is 6.72. The van der Waals surface area contributed by atoms with Crippen LogP contribution in [0.15, 0.2) is 78.9 Å². The molecule has 0 heterocycles. The average molecular weight is 425 g/mol. The maximum absolute atomic E-state index is 12.5. The van der Waals surface area contributed by atoms with Crippen LogP contribution in [0.5, 0.6) is 5.75 Å². The van der Waals surface area contributed by atoms with E-state index in [9.17, 15) is 13.2 Å². The Hall–Kier alpha value is -3.32. The van der Waals surface area contributed by atoms with Gasteiger partial charge in [-0.3, -0.25) is 9.10 Å². The molecule has 0 bridgehead atoms. The summed E-state index contributed by atoms with van der Waals surface area (Å²) in [5, 5.41) is 2.84. The Kier molecular flexibility index (Phi) is 6.74. The fraction of sp³-hybridized carbons (Fsp3) is 0.174. The van der Waals surface area contributed by atoms with Gasteiger partial charge in [-0.05, 0) is 48.9 Å². The molecule has 0 unspecified atom stereocenters. The SMILES string of the molecule is CCOc1cccc(NC(=O)c2ccc(CN(c3ccccc3)S(C)(=O)=O)cc2)c1. The number of anilines is 2. The molecule has 0 fully saturated rings. The van der Waals surface area contributed by atoms with E-state index in [1.807, 2.05) is 25.1 Å². The number of benzene rings is 3. The molecular weight excluding hydrogens is 400 g/mol. The number of hydrogen-bond donors (Lipinski definition) is 1. The zero-order valence-electron chi connectivity index (χ0n) is 16.9. The summed E-state index contributed by atoms with van der Waals surface area (Å²) in [7, 11) is -3.45. The summed E-state index contributed by atoms with van der Waals surface area (Å²) in [5.41, 5.74) is 2.49. The Morgan fingerprint density at radius 2 is 1.67 bits per heavy atom. The minimum atomic E-state index is -3.45. The van der Waals surface area contributed by atoms with Crippen molar-refractivity contribution in [3.8, 4) is 5.75 Å². The van der Waals surface area contributed by atoms with E-state index in [1.54, 1.807) is 60.7 Å². The van der Waals surface area contributed by atoms with Crippen molar-refractivity contribution in [2.45, 2.75) is 13.5 Å². The Morgan fingerprint density at radius 1 is 0.967 bits per heavy atom. The van der Waals surface area contributed by atoms with Gasteiger partial charge in [0.2, 0.25) is 10.0 Å². The molecule has 0 aliphatic heterocycles. The minimum Gasteiger partial charge on any atom is -0.494 e. The van der Waals surface area contributed by atoms with Crippen LogP contribution < -0.4 is 14.4 Å². The van der Waals surface area contributed by atoms with Crippen molar-refractivity contribution in [1.29, 1.82) is 0 Å². The third-order valence-corrected chi connectivity index (χ3v) is 5.53. The van der Waals surface area contributed by atoms with Crippen LogP contribution in [0.3, 0.4) is 0 Å². The van der Waals surface area contributed by atoms with Crippen LogP contribution >= 0.6 is 0 Å². The van der Waals surface area contributed by atoms with Crippen molar-refractivity contribution in [2.75, 3.05) is 22.5 Å². The minimum absolute atomic E-state index is 0.182. The van der Waals surface area contributed by atoms with Crippen molar-refractivity contribution in [2.24, 2.45) is 0 Å². The van der Waals surface area contributed by atoms with E-state index in [-0.39, 0.29) is 12.5 Å². The Bertz CT molecular complexity index is 1100. The molecule has 0 saturated carbocycles. The van der Waals surface area contributed by atoms with Gasteiger partial charge in [0.15, 0.2) is 0 Å². The third-order valence-electron chi connectivity index (χ3n) is 4.39. The van der Waals surface area contributed by atoms with E-state index in [0.29, 0.717) is 29.3 Å². The number of nitrogens with one attached hydrogen (secondary N) is 1. The van der Waals surface area contributed by atoms with Crippen molar-refractivity contribution >= 4 is 27.3 Å². The molecule has 0 radical (unpaired) electrons. The highest BCUT2D eigenvalue weighted by Crippen LogP contribution is 2.21. The molecular formula is C23H24N2O4S. The highest BCUT2D eigenvalue weighted by atomic mass is 32.2. The molecule has 6 nitrogen and oxygen atoms in total. The number of rotatable bonds is 8. The fourth-order valence-electron chi connectivity index (χ4n) is 2.96. The summed E-state index contributed by atoms with van der Waals surface area (Å²) in [6, 6.07) is 23.0. The molecule has 1 N–H and O–H groups in total. The van der Waals surface area contributed by atoms with E-state index >= 15 is 0 Å². The van der Waals surface area contributed by atoms with Crippen molar-refractivity contribution in [1.82, 2.24) is 0 Å². The summed E-state index contributed by atoms with van der Waals surface area (Å²) in [6.07, 6.45) is 1.18. The first-order chi connectivity index (χ1) is 14.4. The predicted molar refractivity (Wildman–Crippen MR) is 119 cm³/mol. The molecule has 0 saturated heterocycles. The van der Waals surface area contributed by atoms with Gasteiger partial charge in [0.1, 0.15) is 5.75 Å². The average Bonchev–Trinajstić information content (AvgIpc) is 2.73. The number of carbonyl (C=O) groups excluding carboxylic acids is 1. The molecule has 1 amide bonds. The lowest BCUT2D eigenvalue weighted by atomic mass is 10.1. The maximum Gasteiger partial charge on any atom is 0.255 e. The van der Waals surface area contributed by atoms with Crippen LogP contribution in [0.25, 0.3) is 0 Å². The molecule has 0 atom stereocenters. The Balaban J connectivity index is 1.72. The molecule has 0 aliphatic rings. The molecule has 30 heavy (non-hydrogen) atoms. The van der Waals surface area contributed by atoms with Crippen LogP contribution in [-0.2, 0) is 16.6 Å². The van der Waals surface area contributed by atoms with Gasteiger partial charge in [-0.2, -0.15) is 0 Å². The van der Waals surface area contributed by atoms with Crippen LogP contribution in [0.1, 0.15) is 22.8 Å². The molecule has 156 valence electrons. The van der Waals surface area contributed by atoms with E-state index in [1.165, 1.54) is 10.6 Å². The lowest BCUT2D eigenvalue weighted by molar-refractivity contribution is 0.102. The second-order valence-corrected chi connectivity index (χ2v) is 8.62. The molecule has 0 aliphatic carbocycles. The molecule has 3 aromatic carbocycles. The predicted octanol–water partition coefficient (Wildman–Crippen LogP) is 4.30. The summed E-state index contributed by atoms with van der Waals surface area (Å²) in [5.74, 6) is 0.436. The van der Waals surface area contributed by atoms with Crippen LogP contribution in [0.4, 0.5) is 11.4 Å². The Morgan fingerprint density at radius 3 is 2.30 bits per heavy atom. The van der Waals surface area contributed by atoms with E-state index in [2.05, 4.69) is 5.32 Å². The van der Waals surface area contributed by atoms with Gasteiger partial charge in [0.05, 0.1) is 25.1 Å². The van der Waals surface area contributed by atoms with Gasteiger partial charge in [-0.25, -0.2) is 8.42 Å². The molecule has 0 spiro atoms. The normalized spacial score (nSPS) is 11.0. The van der Waals surface area contributed by atoms with E-state index in [4.69, 9.17) is 4.74 Å². The number of carbonyl (C=O) groups is 1. The quantitative estimate of drug-likeness (QED) is 0.585. The zero-order valence-corrected chi connectivity index (χ0v) is 17.7. The summed E-state index contributed by atoms with van der Waals surface area (Å²) >= 11 is 0. The van der Waals surface area contributed by atoms with Crippen LogP contribution in [0, 0.1) is 0 Å². The number of nitrogens with zero attached hydrogens (tertiary/aromatic N) is 1. The molecule has 0 aromatic heterocycles. The summed E-state index contributed by atoms with van der Waals surface area (Å²) in [6.45, 7) is 2.63. The number of para-hydroxylation sites is 1. The fourth-order valence-corrected chi connectivity index (χ4v) is 3.84. The first-order valence-corrected chi connectivity index (χ1v) is 11.4. The number of ether oxygens (including phenoxy) is 1. The Labute approximate surface area is 177 Å². The van der Waals surface area contributed by atoms with Gasteiger partial charge in [0.25, 0.3) is 5.91 Å². The van der Waals surface area contributed by atoms with Gasteiger partial charge < -0.3 is 10.1 Å². The van der Waals surface area contributed by atoms with Gasteiger partial charge >= 0.3 is 0 Å². The van der Waals surface area contributed by atoms with Crippen molar-refractivity contribution in [3.05, 3.63) is 90.0 Å². The summed E-state index contributed by atoms with van der Waals surface area (Å²) in [4.78, 5) is 12.5. The molecule has 7 heteroatoms. The zero-order chi connectivity index (χ0) is 21.6. The lowest BCUT2D eigenvalue weighted by Gasteiger charge is -2.22. The highest BCUT2D eigenvalue weighted by molar-refractivity contribution is 7.92. The lowest BCUT2D eigenvalue weighted by Crippen LogP contribution is -2.29. The smallest absolute Gasteiger partial charge is 0.255 e. The maximum atomic E-state index is 12.5. The van der Waals surface area contributed by atoms with Gasteiger partial charge in [0, 0.05) is 17.3 Å². The molecule has 3 aromatic rings. The van der Waals surface area contributed by atoms with Crippen molar-refractivity contribution < 1.29 is 17.9 Å². The van der Waals surface area contributed by atoms with Crippen molar-refractivity contribution in [3.63, 3.8) is 0 Å². The number of amides is 1. The number of hydrogen-bond acceptors (Lipinski definition) is 4. The standard InChI is InChI=1S/C23H24N2O4S/c1-3-29-22-11-7-8-20(16-22)24-23(26)19-14-12-18(13-15-19)17-25(30(2,27)28)21-9-5-4-6-10-21/h4-16H,3,17H2,1-2H3,(H,24,26).